The summed E-state index contributed by atoms with van der Waals surface area (Å²) in [6, 6.07) is 0.465. The maximum Gasteiger partial charge on any atom is 0.319 e. The van der Waals surface area contributed by atoms with Crippen molar-refractivity contribution in [1.29, 1.82) is 0 Å². The van der Waals surface area contributed by atoms with Crippen LogP contribution in [0.5, 0.6) is 0 Å². The van der Waals surface area contributed by atoms with Crippen LogP contribution in [0.15, 0.2) is 0 Å². The second kappa shape index (κ2) is 6.65. The zero-order valence-electron chi connectivity index (χ0n) is 7.76. The Kier molecular flexibility index (Phi) is 6.74. The highest BCUT2D eigenvalue weighted by Gasteiger charge is 2.14. The number of ether oxygens (including phenoxy) is 1. The van der Waals surface area contributed by atoms with Gasteiger partial charge in [0.25, 0.3) is 0 Å². The Balaban J connectivity index is 3.56. The first-order valence-corrected chi connectivity index (χ1v) is 5.31. The highest BCUT2D eigenvalue weighted by atomic mass is 127. The highest BCUT2D eigenvalue weighted by molar-refractivity contribution is 14.1. The van der Waals surface area contributed by atoms with Gasteiger partial charge in [0.05, 0.1) is 7.11 Å². The molecule has 0 spiro atoms. The molecule has 0 saturated carbocycles. The summed E-state index contributed by atoms with van der Waals surface area (Å²) in [5.74, 6) is -0.161. The first-order valence-electron chi connectivity index (χ1n) is 4.07. The van der Waals surface area contributed by atoms with Crippen LogP contribution in [0.4, 0.5) is 0 Å². The van der Waals surface area contributed by atoms with Gasteiger partial charge in [-0.05, 0) is 13.3 Å². The second-order valence-electron chi connectivity index (χ2n) is 2.71. The Bertz CT molecular complexity index is 141. The van der Waals surface area contributed by atoms with Crippen molar-refractivity contribution >= 4 is 28.6 Å². The molecule has 2 atom stereocenters. The molecule has 0 rings (SSSR count). The second-order valence-corrected chi connectivity index (χ2v) is 4.21. The van der Waals surface area contributed by atoms with Gasteiger partial charge in [0, 0.05) is 12.6 Å². The number of hydrogen-bond acceptors (Lipinski definition) is 3. The van der Waals surface area contributed by atoms with Crippen molar-refractivity contribution in [1.82, 2.24) is 5.32 Å². The molecular formula is C8H16INO2. The van der Waals surface area contributed by atoms with Crippen LogP contribution < -0.4 is 5.32 Å². The van der Waals surface area contributed by atoms with E-state index >= 15 is 0 Å². The molecule has 72 valence electrons. The maximum absolute atomic E-state index is 10.9. The van der Waals surface area contributed by atoms with Gasteiger partial charge >= 0.3 is 5.97 Å². The minimum absolute atomic E-state index is 0.0819. The summed E-state index contributed by atoms with van der Waals surface area (Å²) in [4.78, 5) is 10.9. The van der Waals surface area contributed by atoms with Gasteiger partial charge in [-0.1, -0.05) is 29.5 Å². The third-order valence-electron chi connectivity index (χ3n) is 1.71. The number of methoxy groups -OCH3 is 1. The molecule has 0 fully saturated rings. The molecule has 0 aromatic carbocycles. The summed E-state index contributed by atoms with van der Waals surface area (Å²) in [7, 11) is 1.41. The van der Waals surface area contributed by atoms with E-state index in [9.17, 15) is 4.79 Å². The molecule has 0 aromatic rings. The summed E-state index contributed by atoms with van der Waals surface area (Å²) in [6.45, 7) is 4.89. The standard InChI is InChI=1S/C8H16INO2/c1-4-6(2)10-5-7(9)8(11)12-3/h6-7,10H,4-5H2,1-3H3. The van der Waals surface area contributed by atoms with Crippen LogP contribution in [0.3, 0.4) is 0 Å². The zero-order chi connectivity index (χ0) is 9.56. The van der Waals surface area contributed by atoms with Gasteiger partial charge in [0.1, 0.15) is 3.92 Å². The number of alkyl halides is 1. The molecular weight excluding hydrogens is 269 g/mol. The van der Waals surface area contributed by atoms with Crippen LogP contribution in [0.2, 0.25) is 0 Å². The Labute approximate surface area is 87.4 Å². The Morgan fingerprint density at radius 1 is 1.67 bits per heavy atom. The topological polar surface area (TPSA) is 38.3 Å². The van der Waals surface area contributed by atoms with Gasteiger partial charge in [-0.15, -0.1) is 0 Å². The van der Waals surface area contributed by atoms with Gasteiger partial charge in [-0.2, -0.15) is 0 Å². The van der Waals surface area contributed by atoms with E-state index in [0.717, 1.165) is 6.42 Å². The van der Waals surface area contributed by atoms with Crippen molar-refractivity contribution in [3.63, 3.8) is 0 Å². The molecule has 0 saturated heterocycles. The fourth-order valence-electron chi connectivity index (χ4n) is 0.660. The van der Waals surface area contributed by atoms with Crippen molar-refractivity contribution in [3.8, 4) is 0 Å². The van der Waals surface area contributed by atoms with Gasteiger partial charge in [0.15, 0.2) is 0 Å². The van der Waals surface area contributed by atoms with Crippen LogP contribution in [0.25, 0.3) is 0 Å². The maximum atomic E-state index is 10.9. The van der Waals surface area contributed by atoms with E-state index in [0.29, 0.717) is 12.6 Å². The normalized spacial score (nSPS) is 15.3. The highest BCUT2D eigenvalue weighted by Crippen LogP contribution is 2.01. The monoisotopic (exact) mass is 285 g/mol. The van der Waals surface area contributed by atoms with Crippen LogP contribution in [0.1, 0.15) is 20.3 Å². The molecule has 3 nitrogen and oxygen atoms in total. The smallest absolute Gasteiger partial charge is 0.319 e. The van der Waals surface area contributed by atoms with E-state index in [1.54, 1.807) is 0 Å². The van der Waals surface area contributed by atoms with E-state index in [1.165, 1.54) is 7.11 Å². The molecule has 0 radical (unpaired) electrons. The molecule has 2 unspecified atom stereocenters. The number of carbonyl (C=O) groups is 1. The SMILES string of the molecule is CCC(C)NCC(I)C(=O)OC. The number of carbonyl (C=O) groups excluding carboxylic acids is 1. The number of nitrogens with one attached hydrogen (secondary N) is 1. The Morgan fingerprint density at radius 2 is 2.25 bits per heavy atom. The number of hydrogen-bond donors (Lipinski definition) is 1. The van der Waals surface area contributed by atoms with Gasteiger partial charge in [-0.3, -0.25) is 4.79 Å². The van der Waals surface area contributed by atoms with Crippen molar-refractivity contribution in [2.24, 2.45) is 0 Å². The summed E-state index contributed by atoms with van der Waals surface area (Å²) in [6.07, 6.45) is 1.07. The van der Waals surface area contributed by atoms with Gasteiger partial charge in [-0.25, -0.2) is 0 Å². The minimum atomic E-state index is -0.161. The Hall–Kier alpha value is 0.160. The number of rotatable bonds is 5. The zero-order valence-corrected chi connectivity index (χ0v) is 9.92. The summed E-state index contributed by atoms with van der Waals surface area (Å²) in [5, 5.41) is 3.24. The lowest BCUT2D eigenvalue weighted by Gasteiger charge is -2.13. The van der Waals surface area contributed by atoms with E-state index in [1.807, 2.05) is 0 Å². The van der Waals surface area contributed by atoms with Gasteiger partial charge < -0.3 is 10.1 Å². The van der Waals surface area contributed by atoms with E-state index in [-0.39, 0.29) is 9.89 Å². The Morgan fingerprint density at radius 3 is 2.67 bits per heavy atom. The quantitative estimate of drug-likeness (QED) is 0.471. The molecule has 0 aliphatic rings. The van der Waals surface area contributed by atoms with Crippen molar-refractivity contribution in [2.45, 2.75) is 30.2 Å². The molecule has 0 heterocycles. The molecule has 4 heteroatoms. The summed E-state index contributed by atoms with van der Waals surface area (Å²) in [5.41, 5.74) is 0. The molecule has 1 N–H and O–H groups in total. The molecule has 0 aliphatic heterocycles. The van der Waals surface area contributed by atoms with E-state index < -0.39 is 0 Å². The van der Waals surface area contributed by atoms with Crippen molar-refractivity contribution < 1.29 is 9.53 Å². The van der Waals surface area contributed by atoms with Crippen LogP contribution in [0, 0.1) is 0 Å². The fourth-order valence-corrected chi connectivity index (χ4v) is 1.17. The first-order chi connectivity index (χ1) is 5.61. The number of esters is 1. The van der Waals surface area contributed by atoms with E-state index in [4.69, 9.17) is 0 Å². The molecule has 12 heavy (non-hydrogen) atoms. The number of halogens is 1. The lowest BCUT2D eigenvalue weighted by molar-refractivity contribution is -0.139. The third-order valence-corrected chi connectivity index (χ3v) is 2.66. The molecule has 0 aliphatic carbocycles. The van der Waals surface area contributed by atoms with Crippen LogP contribution in [-0.4, -0.2) is 29.6 Å². The van der Waals surface area contributed by atoms with E-state index in [2.05, 4.69) is 46.5 Å². The summed E-state index contributed by atoms with van der Waals surface area (Å²) >= 11 is 2.08. The predicted molar refractivity (Wildman–Crippen MR) is 57.6 cm³/mol. The lowest BCUT2D eigenvalue weighted by Crippen LogP contribution is -2.34. The van der Waals surface area contributed by atoms with Crippen molar-refractivity contribution in [3.05, 3.63) is 0 Å². The molecule has 0 aromatic heterocycles. The molecule has 0 bridgehead atoms. The fraction of sp³-hybridized carbons (Fsp3) is 0.875. The average molecular weight is 285 g/mol. The van der Waals surface area contributed by atoms with Crippen LogP contribution in [-0.2, 0) is 9.53 Å². The first kappa shape index (κ1) is 12.2. The third kappa shape index (κ3) is 4.92. The molecule has 0 amide bonds. The minimum Gasteiger partial charge on any atom is -0.468 e. The lowest BCUT2D eigenvalue weighted by atomic mass is 10.2. The largest absolute Gasteiger partial charge is 0.468 e. The van der Waals surface area contributed by atoms with Gasteiger partial charge in [0.2, 0.25) is 0 Å². The summed E-state index contributed by atoms with van der Waals surface area (Å²) < 4.78 is 4.51. The van der Waals surface area contributed by atoms with Crippen LogP contribution >= 0.6 is 22.6 Å². The predicted octanol–water partition coefficient (Wildman–Crippen LogP) is 1.35. The average Bonchev–Trinajstić information content (AvgIpc) is 2.11. The van der Waals surface area contributed by atoms with Crippen molar-refractivity contribution in [2.75, 3.05) is 13.7 Å².